The first-order valence-electron chi connectivity index (χ1n) is 6.53. The zero-order valence-electron chi connectivity index (χ0n) is 11.2. The van der Waals surface area contributed by atoms with Crippen molar-refractivity contribution in [3.8, 4) is 17.2 Å². The van der Waals surface area contributed by atoms with Crippen molar-refractivity contribution in [3.05, 3.63) is 60.2 Å². The van der Waals surface area contributed by atoms with Crippen molar-refractivity contribution in [2.45, 2.75) is 18.9 Å². The fraction of sp³-hybridized carbons (Fsp3) is 0.176. The van der Waals surface area contributed by atoms with Gasteiger partial charge in [0.25, 0.3) is 5.60 Å². The Balaban J connectivity index is 2.14. The number of nitrogens with zero attached hydrogens (tertiary/aromatic N) is 2. The minimum absolute atomic E-state index is 0.507. The maximum absolute atomic E-state index is 9.61. The van der Waals surface area contributed by atoms with Gasteiger partial charge in [0, 0.05) is 12.0 Å². The van der Waals surface area contributed by atoms with Gasteiger partial charge in [0.05, 0.1) is 5.71 Å². The van der Waals surface area contributed by atoms with Crippen LogP contribution in [-0.2, 0) is 10.4 Å². The van der Waals surface area contributed by atoms with E-state index < -0.39 is 5.60 Å². The SMILES string of the molecule is CC1=NOC(C#N)(c2ccccc2-c2ccccc2)C1. The monoisotopic (exact) mass is 262 g/mol. The highest BCUT2D eigenvalue weighted by molar-refractivity contribution is 5.85. The lowest BCUT2D eigenvalue weighted by atomic mass is 9.85. The van der Waals surface area contributed by atoms with E-state index in [9.17, 15) is 5.26 Å². The summed E-state index contributed by atoms with van der Waals surface area (Å²) in [4.78, 5) is 5.48. The molecule has 0 amide bonds. The van der Waals surface area contributed by atoms with Gasteiger partial charge in [-0.3, -0.25) is 0 Å². The Morgan fingerprint density at radius 2 is 1.80 bits per heavy atom. The van der Waals surface area contributed by atoms with E-state index in [2.05, 4.69) is 11.2 Å². The van der Waals surface area contributed by atoms with Gasteiger partial charge in [0.2, 0.25) is 0 Å². The van der Waals surface area contributed by atoms with Gasteiger partial charge in [0.1, 0.15) is 6.07 Å². The Morgan fingerprint density at radius 3 is 2.45 bits per heavy atom. The molecule has 1 unspecified atom stereocenters. The van der Waals surface area contributed by atoms with Gasteiger partial charge in [-0.2, -0.15) is 5.26 Å². The molecule has 0 radical (unpaired) electrons. The van der Waals surface area contributed by atoms with Crippen LogP contribution in [0.3, 0.4) is 0 Å². The van der Waals surface area contributed by atoms with Crippen molar-refractivity contribution in [1.82, 2.24) is 0 Å². The van der Waals surface area contributed by atoms with E-state index in [0.717, 1.165) is 22.4 Å². The van der Waals surface area contributed by atoms with Gasteiger partial charge in [-0.05, 0) is 18.1 Å². The smallest absolute Gasteiger partial charge is 0.253 e. The average Bonchev–Trinajstić information content (AvgIpc) is 2.91. The van der Waals surface area contributed by atoms with E-state index in [1.165, 1.54) is 0 Å². The molecule has 0 fully saturated rings. The maximum atomic E-state index is 9.61. The third-order valence-electron chi connectivity index (χ3n) is 3.49. The summed E-state index contributed by atoms with van der Waals surface area (Å²) >= 11 is 0. The van der Waals surface area contributed by atoms with Crippen molar-refractivity contribution >= 4 is 5.71 Å². The van der Waals surface area contributed by atoms with E-state index in [1.54, 1.807) is 0 Å². The number of oxime groups is 1. The zero-order valence-corrected chi connectivity index (χ0v) is 11.2. The number of nitriles is 1. The highest BCUT2D eigenvalue weighted by atomic mass is 16.7. The van der Waals surface area contributed by atoms with Gasteiger partial charge in [-0.15, -0.1) is 0 Å². The molecule has 98 valence electrons. The minimum Gasteiger partial charge on any atom is -0.369 e. The first-order valence-corrected chi connectivity index (χ1v) is 6.53. The molecule has 3 rings (SSSR count). The van der Waals surface area contributed by atoms with Crippen LogP contribution >= 0.6 is 0 Å². The normalized spacial score (nSPS) is 20.9. The molecule has 1 atom stereocenters. The average molecular weight is 262 g/mol. The Kier molecular flexibility index (Phi) is 3.00. The van der Waals surface area contributed by atoms with Crippen molar-refractivity contribution in [2.24, 2.45) is 5.16 Å². The number of hydrogen-bond acceptors (Lipinski definition) is 3. The molecule has 0 aromatic heterocycles. The standard InChI is InChI=1S/C17H14N2O/c1-13-11-17(12-18,20-19-13)16-10-6-5-9-15(16)14-7-3-2-4-8-14/h2-10H,11H2,1H3. The fourth-order valence-electron chi connectivity index (χ4n) is 2.55. The summed E-state index contributed by atoms with van der Waals surface area (Å²) in [5.41, 5.74) is 2.80. The highest BCUT2D eigenvalue weighted by Gasteiger charge is 2.41. The lowest BCUT2D eigenvalue weighted by Crippen LogP contribution is -2.24. The first kappa shape index (κ1) is 12.4. The Labute approximate surface area is 118 Å². The van der Waals surface area contributed by atoms with Crippen molar-refractivity contribution in [2.75, 3.05) is 0 Å². The Bertz CT molecular complexity index is 700. The van der Waals surface area contributed by atoms with Crippen molar-refractivity contribution in [1.29, 1.82) is 5.26 Å². The van der Waals surface area contributed by atoms with Crippen LogP contribution in [0.2, 0.25) is 0 Å². The zero-order chi connectivity index (χ0) is 14.0. The first-order chi connectivity index (χ1) is 9.75. The summed E-state index contributed by atoms with van der Waals surface area (Å²) in [5, 5.41) is 13.6. The maximum Gasteiger partial charge on any atom is 0.253 e. The summed E-state index contributed by atoms with van der Waals surface area (Å²) in [6.45, 7) is 1.88. The molecule has 0 saturated heterocycles. The summed E-state index contributed by atoms with van der Waals surface area (Å²) in [7, 11) is 0. The third kappa shape index (κ3) is 1.96. The molecule has 2 aromatic carbocycles. The molecule has 1 heterocycles. The molecule has 0 saturated carbocycles. The van der Waals surface area contributed by atoms with Crippen LogP contribution in [0.25, 0.3) is 11.1 Å². The third-order valence-corrected chi connectivity index (χ3v) is 3.49. The lowest BCUT2D eigenvalue weighted by Gasteiger charge is -2.22. The lowest BCUT2D eigenvalue weighted by molar-refractivity contribution is 0.0247. The molecular weight excluding hydrogens is 248 g/mol. The predicted octanol–water partition coefficient (Wildman–Crippen LogP) is 3.87. The van der Waals surface area contributed by atoms with E-state index in [4.69, 9.17) is 4.84 Å². The van der Waals surface area contributed by atoms with Gasteiger partial charge in [-0.1, -0.05) is 59.8 Å². The summed E-state index contributed by atoms with van der Waals surface area (Å²) in [5.74, 6) is 0. The second-order valence-electron chi connectivity index (χ2n) is 4.95. The van der Waals surface area contributed by atoms with Crippen LogP contribution in [0.1, 0.15) is 18.9 Å². The van der Waals surface area contributed by atoms with Crippen LogP contribution in [0.5, 0.6) is 0 Å². The van der Waals surface area contributed by atoms with Crippen molar-refractivity contribution in [3.63, 3.8) is 0 Å². The molecule has 20 heavy (non-hydrogen) atoms. The molecule has 0 spiro atoms. The molecule has 1 aliphatic rings. The summed E-state index contributed by atoms with van der Waals surface area (Å²) < 4.78 is 0. The largest absolute Gasteiger partial charge is 0.369 e. The van der Waals surface area contributed by atoms with E-state index in [0.29, 0.717) is 6.42 Å². The molecule has 0 aliphatic carbocycles. The van der Waals surface area contributed by atoms with Crippen LogP contribution < -0.4 is 0 Å². The number of hydrogen-bond donors (Lipinski definition) is 0. The minimum atomic E-state index is -1.00. The van der Waals surface area contributed by atoms with Gasteiger partial charge < -0.3 is 4.84 Å². The summed E-state index contributed by atoms with van der Waals surface area (Å²) in [6, 6.07) is 20.2. The van der Waals surface area contributed by atoms with Gasteiger partial charge >= 0.3 is 0 Å². The molecule has 1 aliphatic heterocycles. The van der Waals surface area contributed by atoms with Gasteiger partial charge in [0.15, 0.2) is 0 Å². The number of rotatable bonds is 2. The quantitative estimate of drug-likeness (QED) is 0.824. The van der Waals surface area contributed by atoms with Gasteiger partial charge in [-0.25, -0.2) is 0 Å². The Morgan fingerprint density at radius 1 is 1.10 bits per heavy atom. The molecule has 3 nitrogen and oxygen atoms in total. The van der Waals surface area contributed by atoms with Crippen LogP contribution in [-0.4, -0.2) is 5.71 Å². The summed E-state index contributed by atoms with van der Waals surface area (Å²) in [6.07, 6.45) is 0.507. The Hall–Kier alpha value is -2.60. The topological polar surface area (TPSA) is 45.4 Å². The van der Waals surface area contributed by atoms with Crippen molar-refractivity contribution < 1.29 is 4.84 Å². The van der Waals surface area contributed by atoms with Crippen LogP contribution in [0.15, 0.2) is 59.8 Å². The van der Waals surface area contributed by atoms with E-state index >= 15 is 0 Å². The highest BCUT2D eigenvalue weighted by Crippen LogP contribution is 2.39. The number of benzene rings is 2. The predicted molar refractivity (Wildman–Crippen MR) is 78.0 cm³/mol. The molecule has 0 N–H and O–H groups in total. The van der Waals surface area contributed by atoms with E-state index in [-0.39, 0.29) is 0 Å². The second kappa shape index (κ2) is 4.82. The van der Waals surface area contributed by atoms with Crippen LogP contribution in [0.4, 0.5) is 0 Å². The molecule has 2 aromatic rings. The molecule has 3 heteroatoms. The molecular formula is C17H14N2O. The van der Waals surface area contributed by atoms with E-state index in [1.807, 2.05) is 61.5 Å². The second-order valence-corrected chi connectivity index (χ2v) is 4.95. The fourth-order valence-corrected chi connectivity index (χ4v) is 2.55. The molecule has 0 bridgehead atoms. The van der Waals surface area contributed by atoms with Crippen LogP contribution in [0, 0.1) is 11.3 Å².